The fourth-order valence-electron chi connectivity index (χ4n) is 2.39. The summed E-state index contributed by atoms with van der Waals surface area (Å²) in [6, 6.07) is 7.57. The summed E-state index contributed by atoms with van der Waals surface area (Å²) in [6.07, 6.45) is 1.78. The first-order valence-corrected chi connectivity index (χ1v) is 7.24. The summed E-state index contributed by atoms with van der Waals surface area (Å²) in [5, 5.41) is 12.8. The van der Waals surface area contributed by atoms with Gasteiger partial charge in [-0.25, -0.2) is 4.79 Å². The van der Waals surface area contributed by atoms with Crippen molar-refractivity contribution in [2.75, 3.05) is 11.9 Å². The summed E-state index contributed by atoms with van der Waals surface area (Å²) in [7, 11) is 0. The molecule has 1 aromatic carbocycles. The molecule has 104 valence electrons. The van der Waals surface area contributed by atoms with E-state index in [1.807, 2.05) is 31.2 Å². The molecule has 0 aliphatic carbocycles. The predicted molar refractivity (Wildman–Crippen MR) is 77.4 cm³/mol. The molecular weight excluding hydrogens is 310 g/mol. The van der Waals surface area contributed by atoms with E-state index in [4.69, 9.17) is 4.74 Å². The van der Waals surface area contributed by atoms with Crippen LogP contribution in [-0.4, -0.2) is 29.3 Å². The summed E-state index contributed by atoms with van der Waals surface area (Å²) in [4.78, 5) is 11.7. The van der Waals surface area contributed by atoms with Crippen molar-refractivity contribution < 1.29 is 14.6 Å². The molecule has 5 heteroatoms. The number of carboxylic acids is 1. The average Bonchev–Trinajstić information content (AvgIpc) is 2.41. The molecule has 0 aromatic heterocycles. The minimum absolute atomic E-state index is 0.000150. The van der Waals surface area contributed by atoms with Gasteiger partial charge >= 0.3 is 5.97 Å². The molecule has 1 aromatic rings. The number of carbonyl (C=O) groups is 1. The Labute approximate surface area is 121 Å². The van der Waals surface area contributed by atoms with E-state index in [2.05, 4.69) is 21.2 Å². The number of ether oxygens (including phenoxy) is 1. The van der Waals surface area contributed by atoms with Crippen LogP contribution in [0.2, 0.25) is 0 Å². The van der Waals surface area contributed by atoms with Crippen molar-refractivity contribution in [2.24, 2.45) is 0 Å². The van der Waals surface area contributed by atoms with Crippen molar-refractivity contribution in [3.05, 3.63) is 28.7 Å². The number of hydrogen-bond acceptors (Lipinski definition) is 3. The maximum Gasteiger partial charge on any atom is 0.329 e. The number of carboxylic acid groups (broad SMARTS) is 1. The minimum atomic E-state index is -0.942. The Morgan fingerprint density at radius 1 is 1.58 bits per heavy atom. The van der Waals surface area contributed by atoms with Crippen molar-refractivity contribution in [1.29, 1.82) is 0 Å². The van der Waals surface area contributed by atoms with Crippen LogP contribution in [0.4, 0.5) is 5.69 Å². The molecule has 19 heavy (non-hydrogen) atoms. The maximum atomic E-state index is 11.7. The Morgan fingerprint density at radius 3 is 2.95 bits per heavy atom. The van der Waals surface area contributed by atoms with Crippen molar-refractivity contribution >= 4 is 27.6 Å². The number of para-hydroxylation sites is 1. The van der Waals surface area contributed by atoms with E-state index in [1.54, 1.807) is 0 Å². The van der Waals surface area contributed by atoms with Crippen LogP contribution in [-0.2, 0) is 9.53 Å². The zero-order valence-electron chi connectivity index (χ0n) is 10.9. The molecule has 1 aliphatic rings. The molecular formula is C14H18BrNO3. The van der Waals surface area contributed by atoms with E-state index >= 15 is 0 Å². The number of nitrogens with one attached hydrogen (secondary N) is 1. The molecule has 2 rings (SSSR count). The molecule has 1 saturated heterocycles. The van der Waals surface area contributed by atoms with Gasteiger partial charge in [-0.2, -0.15) is 0 Å². The molecule has 0 spiro atoms. The van der Waals surface area contributed by atoms with E-state index in [1.165, 1.54) is 0 Å². The van der Waals surface area contributed by atoms with Gasteiger partial charge in [0.05, 0.1) is 6.10 Å². The third kappa shape index (κ3) is 3.09. The summed E-state index contributed by atoms with van der Waals surface area (Å²) >= 11 is 3.44. The largest absolute Gasteiger partial charge is 0.480 e. The van der Waals surface area contributed by atoms with Gasteiger partial charge in [0.25, 0.3) is 0 Å². The third-order valence-corrected chi connectivity index (χ3v) is 4.26. The zero-order chi connectivity index (χ0) is 13.9. The Bertz CT molecular complexity index is 466. The highest BCUT2D eigenvalue weighted by Crippen LogP contribution is 2.33. The minimum Gasteiger partial charge on any atom is -0.480 e. The fourth-order valence-corrected chi connectivity index (χ4v) is 2.78. The lowest BCUT2D eigenvalue weighted by atomic mass is 9.85. The van der Waals surface area contributed by atoms with Crippen molar-refractivity contribution in [3.8, 4) is 0 Å². The second kappa shape index (κ2) is 5.92. The second-order valence-electron chi connectivity index (χ2n) is 4.85. The molecule has 0 saturated carbocycles. The molecule has 2 unspecified atom stereocenters. The standard InChI is InChI=1S/C14H18BrNO3/c1-2-10-9-14(13(17)18,7-8-19-10)16-12-6-4-3-5-11(12)15/h3-6,10,16H,2,7-9H2,1H3,(H,17,18). The molecule has 1 heterocycles. The SMILES string of the molecule is CCC1CC(Nc2ccccc2Br)(C(=O)O)CCO1. The number of halogens is 1. The van der Waals surface area contributed by atoms with Crippen LogP contribution in [0.3, 0.4) is 0 Å². The molecule has 0 radical (unpaired) electrons. The third-order valence-electron chi connectivity index (χ3n) is 3.57. The van der Waals surface area contributed by atoms with Crippen LogP contribution in [0.1, 0.15) is 26.2 Å². The van der Waals surface area contributed by atoms with Crippen LogP contribution >= 0.6 is 15.9 Å². The van der Waals surface area contributed by atoms with E-state index < -0.39 is 11.5 Å². The van der Waals surface area contributed by atoms with Gasteiger partial charge in [-0.05, 0) is 34.5 Å². The Balaban J connectivity index is 2.25. The summed E-state index contributed by atoms with van der Waals surface area (Å²) in [6.45, 7) is 2.49. The first-order chi connectivity index (χ1) is 9.07. The molecule has 2 atom stereocenters. The van der Waals surface area contributed by atoms with Crippen molar-refractivity contribution in [1.82, 2.24) is 0 Å². The van der Waals surface area contributed by atoms with Crippen LogP contribution in [0.15, 0.2) is 28.7 Å². The smallest absolute Gasteiger partial charge is 0.329 e. The van der Waals surface area contributed by atoms with Crippen molar-refractivity contribution in [3.63, 3.8) is 0 Å². The topological polar surface area (TPSA) is 58.6 Å². The van der Waals surface area contributed by atoms with E-state index in [9.17, 15) is 9.90 Å². The summed E-state index contributed by atoms with van der Waals surface area (Å²) < 4.78 is 6.46. The van der Waals surface area contributed by atoms with Gasteiger partial charge in [0.15, 0.2) is 0 Å². The lowest BCUT2D eigenvalue weighted by molar-refractivity contribution is -0.148. The van der Waals surface area contributed by atoms with Crippen LogP contribution < -0.4 is 5.32 Å². The average molecular weight is 328 g/mol. The Morgan fingerprint density at radius 2 is 2.32 bits per heavy atom. The van der Waals surface area contributed by atoms with Gasteiger partial charge in [0.1, 0.15) is 5.54 Å². The van der Waals surface area contributed by atoms with Crippen LogP contribution in [0.5, 0.6) is 0 Å². The molecule has 0 amide bonds. The molecule has 2 N–H and O–H groups in total. The second-order valence-corrected chi connectivity index (χ2v) is 5.70. The van der Waals surface area contributed by atoms with Crippen molar-refractivity contribution in [2.45, 2.75) is 37.8 Å². The van der Waals surface area contributed by atoms with E-state index in [0.717, 1.165) is 16.6 Å². The summed E-state index contributed by atoms with van der Waals surface area (Å²) in [5.74, 6) is -0.815. The van der Waals surface area contributed by atoms with E-state index in [0.29, 0.717) is 19.4 Å². The van der Waals surface area contributed by atoms with Gasteiger partial charge in [0, 0.05) is 29.6 Å². The number of anilines is 1. The summed E-state index contributed by atoms with van der Waals surface area (Å²) in [5.41, 5.74) is -0.135. The van der Waals surface area contributed by atoms with Crippen LogP contribution in [0, 0.1) is 0 Å². The lowest BCUT2D eigenvalue weighted by Crippen LogP contribution is -2.53. The Kier molecular flexibility index (Phi) is 4.47. The number of hydrogen-bond donors (Lipinski definition) is 2. The quantitative estimate of drug-likeness (QED) is 0.891. The van der Waals surface area contributed by atoms with Gasteiger partial charge < -0.3 is 15.2 Å². The molecule has 1 aliphatic heterocycles. The van der Waals surface area contributed by atoms with Gasteiger partial charge in [-0.3, -0.25) is 0 Å². The molecule has 0 bridgehead atoms. The number of benzene rings is 1. The zero-order valence-corrected chi connectivity index (χ0v) is 12.4. The first-order valence-electron chi connectivity index (χ1n) is 6.45. The number of aliphatic carboxylic acids is 1. The highest BCUT2D eigenvalue weighted by atomic mass is 79.9. The molecule has 1 fully saturated rings. The fraction of sp³-hybridized carbons (Fsp3) is 0.500. The highest BCUT2D eigenvalue weighted by Gasteiger charge is 2.43. The van der Waals surface area contributed by atoms with Gasteiger partial charge in [-0.1, -0.05) is 19.1 Å². The highest BCUT2D eigenvalue weighted by molar-refractivity contribution is 9.10. The van der Waals surface area contributed by atoms with Crippen LogP contribution in [0.25, 0.3) is 0 Å². The first kappa shape index (κ1) is 14.3. The van der Waals surface area contributed by atoms with E-state index in [-0.39, 0.29) is 6.10 Å². The van der Waals surface area contributed by atoms with Gasteiger partial charge in [-0.15, -0.1) is 0 Å². The number of rotatable bonds is 4. The predicted octanol–water partition coefficient (Wildman–Crippen LogP) is 3.27. The lowest BCUT2D eigenvalue weighted by Gasteiger charge is -2.38. The van der Waals surface area contributed by atoms with Gasteiger partial charge in [0.2, 0.25) is 0 Å². The normalized spacial score (nSPS) is 26.9. The monoisotopic (exact) mass is 327 g/mol. The Hall–Kier alpha value is -1.07. The molecule has 4 nitrogen and oxygen atoms in total. The maximum absolute atomic E-state index is 11.7.